The molecule has 0 heterocycles. The van der Waals surface area contributed by atoms with Gasteiger partial charge in [-0.25, -0.2) is 0 Å². The second kappa shape index (κ2) is 7.53. The minimum absolute atomic E-state index is 0.0188. The van der Waals surface area contributed by atoms with E-state index in [0.29, 0.717) is 11.3 Å². The summed E-state index contributed by atoms with van der Waals surface area (Å²) in [5.74, 6) is -0.103. The summed E-state index contributed by atoms with van der Waals surface area (Å²) in [6, 6.07) is 21.4. The van der Waals surface area contributed by atoms with Gasteiger partial charge in [0.25, 0.3) is 0 Å². The zero-order valence-electron chi connectivity index (χ0n) is 14.2. The summed E-state index contributed by atoms with van der Waals surface area (Å²) >= 11 is 1.52. The van der Waals surface area contributed by atoms with Gasteiger partial charge in [-0.2, -0.15) is 0 Å². The number of carbonyl (C=O) groups excluding carboxylic acids is 2. The van der Waals surface area contributed by atoms with Crippen LogP contribution in [0.3, 0.4) is 0 Å². The number of benzene rings is 3. The third-order valence-corrected chi connectivity index (χ3v) is 5.03. The first-order chi connectivity index (χ1) is 12.0. The number of ketones is 1. The molecule has 0 radical (unpaired) electrons. The largest absolute Gasteiger partial charge is 0.325 e. The van der Waals surface area contributed by atoms with Crippen LogP contribution in [0.2, 0.25) is 0 Å². The van der Waals surface area contributed by atoms with Gasteiger partial charge in [-0.3, -0.25) is 9.59 Å². The topological polar surface area (TPSA) is 46.2 Å². The van der Waals surface area contributed by atoms with Crippen LogP contribution in [-0.4, -0.2) is 16.9 Å². The van der Waals surface area contributed by atoms with E-state index in [4.69, 9.17) is 0 Å². The molecule has 0 aliphatic heterocycles. The van der Waals surface area contributed by atoms with Crippen LogP contribution in [0.15, 0.2) is 71.6 Å². The van der Waals surface area contributed by atoms with E-state index in [9.17, 15) is 9.59 Å². The van der Waals surface area contributed by atoms with Crippen LogP contribution in [0.5, 0.6) is 0 Å². The molecule has 1 unspecified atom stereocenters. The van der Waals surface area contributed by atoms with Crippen molar-refractivity contribution in [1.29, 1.82) is 0 Å². The van der Waals surface area contributed by atoms with Crippen molar-refractivity contribution in [3.05, 3.63) is 72.3 Å². The predicted molar refractivity (Wildman–Crippen MR) is 104 cm³/mol. The van der Waals surface area contributed by atoms with Crippen molar-refractivity contribution >= 4 is 39.9 Å². The highest BCUT2D eigenvalue weighted by Gasteiger charge is 2.15. The highest BCUT2D eigenvalue weighted by Crippen LogP contribution is 2.27. The summed E-state index contributed by atoms with van der Waals surface area (Å²) in [7, 11) is 0. The molecule has 3 aromatic carbocycles. The molecule has 126 valence electrons. The van der Waals surface area contributed by atoms with Crippen molar-refractivity contribution in [2.24, 2.45) is 0 Å². The summed E-state index contributed by atoms with van der Waals surface area (Å²) in [5, 5.41) is 4.98. The average molecular weight is 349 g/mol. The highest BCUT2D eigenvalue weighted by molar-refractivity contribution is 8.00. The van der Waals surface area contributed by atoms with Gasteiger partial charge in [0.15, 0.2) is 5.78 Å². The maximum absolute atomic E-state index is 12.4. The minimum atomic E-state index is -0.248. The van der Waals surface area contributed by atoms with Gasteiger partial charge in [0, 0.05) is 16.1 Å². The molecule has 4 heteroatoms. The minimum Gasteiger partial charge on any atom is -0.325 e. The van der Waals surface area contributed by atoms with Crippen molar-refractivity contribution in [3.8, 4) is 0 Å². The standard InChI is InChI=1S/C21H19NO2S/c1-14(23)17-8-5-9-19(12-17)22-21(24)15(2)25-20-11-10-16-6-3-4-7-18(16)13-20/h3-13,15H,1-2H3,(H,22,24). The molecule has 0 saturated heterocycles. The number of rotatable bonds is 5. The molecule has 0 aliphatic carbocycles. The first-order valence-electron chi connectivity index (χ1n) is 8.10. The number of nitrogens with one attached hydrogen (secondary N) is 1. The van der Waals surface area contributed by atoms with E-state index in [-0.39, 0.29) is 16.9 Å². The maximum atomic E-state index is 12.4. The molecule has 0 fully saturated rings. The average Bonchev–Trinajstić information content (AvgIpc) is 2.61. The van der Waals surface area contributed by atoms with Crippen LogP contribution in [0, 0.1) is 0 Å². The second-order valence-corrected chi connectivity index (χ2v) is 7.31. The molecule has 0 spiro atoms. The lowest BCUT2D eigenvalue weighted by atomic mass is 10.1. The molecule has 25 heavy (non-hydrogen) atoms. The molecule has 1 N–H and O–H groups in total. The summed E-state index contributed by atoms with van der Waals surface area (Å²) in [4.78, 5) is 24.9. The Balaban J connectivity index is 1.69. The molecule has 0 saturated carbocycles. The number of anilines is 1. The van der Waals surface area contributed by atoms with Gasteiger partial charge < -0.3 is 5.32 Å². The Morgan fingerprint density at radius 2 is 1.68 bits per heavy atom. The highest BCUT2D eigenvalue weighted by atomic mass is 32.2. The number of Topliss-reactive ketones (excluding diaryl/α,β-unsaturated/α-hetero) is 1. The lowest BCUT2D eigenvalue weighted by Gasteiger charge is -2.13. The Kier molecular flexibility index (Phi) is 5.19. The zero-order valence-corrected chi connectivity index (χ0v) is 15.0. The summed E-state index contributed by atoms with van der Waals surface area (Å²) < 4.78 is 0. The fraction of sp³-hybridized carbons (Fsp3) is 0.143. The lowest BCUT2D eigenvalue weighted by molar-refractivity contribution is -0.115. The van der Waals surface area contributed by atoms with Crippen LogP contribution in [0.4, 0.5) is 5.69 Å². The fourth-order valence-electron chi connectivity index (χ4n) is 2.56. The van der Waals surface area contributed by atoms with Crippen LogP contribution in [0.1, 0.15) is 24.2 Å². The van der Waals surface area contributed by atoms with Gasteiger partial charge in [-0.15, -0.1) is 11.8 Å². The van der Waals surface area contributed by atoms with Gasteiger partial charge in [-0.05, 0) is 48.9 Å². The van der Waals surface area contributed by atoms with Crippen LogP contribution in [0.25, 0.3) is 10.8 Å². The van der Waals surface area contributed by atoms with Crippen LogP contribution >= 0.6 is 11.8 Å². The van der Waals surface area contributed by atoms with Gasteiger partial charge in [0.2, 0.25) is 5.91 Å². The second-order valence-electron chi connectivity index (χ2n) is 5.90. The SMILES string of the molecule is CC(=O)c1cccc(NC(=O)C(C)Sc2ccc3ccccc3c2)c1. The number of amides is 1. The van der Waals surface area contributed by atoms with Crippen molar-refractivity contribution < 1.29 is 9.59 Å². The number of thioether (sulfide) groups is 1. The van der Waals surface area contributed by atoms with Crippen molar-refractivity contribution in [2.75, 3.05) is 5.32 Å². The molecule has 0 aliphatic rings. The van der Waals surface area contributed by atoms with E-state index >= 15 is 0 Å². The normalized spacial score (nSPS) is 11.9. The monoisotopic (exact) mass is 349 g/mol. The summed E-state index contributed by atoms with van der Waals surface area (Å²) in [6.07, 6.45) is 0. The Morgan fingerprint density at radius 3 is 2.44 bits per heavy atom. The number of hydrogen-bond donors (Lipinski definition) is 1. The molecule has 3 nitrogen and oxygen atoms in total. The Morgan fingerprint density at radius 1 is 0.920 bits per heavy atom. The predicted octanol–water partition coefficient (Wildman–Crippen LogP) is 5.16. The Hall–Kier alpha value is -2.59. The third kappa shape index (κ3) is 4.28. The number of carbonyl (C=O) groups is 2. The number of fused-ring (bicyclic) bond motifs is 1. The van der Waals surface area contributed by atoms with E-state index < -0.39 is 0 Å². The molecule has 1 atom stereocenters. The van der Waals surface area contributed by atoms with E-state index in [1.54, 1.807) is 24.3 Å². The molecule has 0 aromatic heterocycles. The van der Waals surface area contributed by atoms with Crippen molar-refractivity contribution in [3.63, 3.8) is 0 Å². The molecule has 3 rings (SSSR count). The van der Waals surface area contributed by atoms with Gasteiger partial charge >= 0.3 is 0 Å². The van der Waals surface area contributed by atoms with Gasteiger partial charge in [-0.1, -0.05) is 42.5 Å². The molecule has 3 aromatic rings. The molecular weight excluding hydrogens is 330 g/mol. The smallest absolute Gasteiger partial charge is 0.237 e. The molecule has 1 amide bonds. The van der Waals surface area contributed by atoms with Gasteiger partial charge in [0.05, 0.1) is 5.25 Å². The molecular formula is C21H19NO2S. The first-order valence-corrected chi connectivity index (χ1v) is 8.98. The third-order valence-electron chi connectivity index (χ3n) is 3.94. The maximum Gasteiger partial charge on any atom is 0.237 e. The quantitative estimate of drug-likeness (QED) is 0.511. The fourth-order valence-corrected chi connectivity index (χ4v) is 3.47. The lowest BCUT2D eigenvalue weighted by Crippen LogP contribution is -2.22. The van der Waals surface area contributed by atoms with Gasteiger partial charge in [0.1, 0.15) is 0 Å². The first kappa shape index (κ1) is 17.2. The van der Waals surface area contributed by atoms with Crippen LogP contribution < -0.4 is 5.32 Å². The van der Waals surface area contributed by atoms with E-state index in [1.165, 1.54) is 24.1 Å². The Labute approximate surface area is 151 Å². The summed E-state index contributed by atoms with van der Waals surface area (Å²) in [6.45, 7) is 3.39. The van der Waals surface area contributed by atoms with E-state index in [2.05, 4.69) is 29.6 Å². The van der Waals surface area contributed by atoms with E-state index in [1.807, 2.05) is 25.1 Å². The number of hydrogen-bond acceptors (Lipinski definition) is 3. The molecule has 0 bridgehead atoms. The van der Waals surface area contributed by atoms with Crippen molar-refractivity contribution in [2.45, 2.75) is 24.0 Å². The van der Waals surface area contributed by atoms with E-state index in [0.717, 1.165) is 10.3 Å². The van der Waals surface area contributed by atoms with Crippen LogP contribution in [-0.2, 0) is 4.79 Å². The Bertz CT molecular complexity index is 936. The van der Waals surface area contributed by atoms with Crippen molar-refractivity contribution in [1.82, 2.24) is 0 Å². The summed E-state index contributed by atoms with van der Waals surface area (Å²) in [5.41, 5.74) is 1.23. The zero-order chi connectivity index (χ0) is 17.8.